The number of carbonyl (C=O) groups is 2. The van der Waals surface area contributed by atoms with Crippen molar-refractivity contribution >= 4 is 28.2 Å². The Kier molecular flexibility index (Phi) is 5.95. The number of amides is 2. The minimum Gasteiger partial charge on any atom is -0.338 e. The molecule has 27 heavy (non-hydrogen) atoms. The highest BCUT2D eigenvalue weighted by Gasteiger charge is 2.29. The van der Waals surface area contributed by atoms with Crippen LogP contribution in [-0.4, -0.2) is 29.8 Å². The third-order valence-corrected chi connectivity index (χ3v) is 6.46. The van der Waals surface area contributed by atoms with Crippen LogP contribution in [0.2, 0.25) is 0 Å². The van der Waals surface area contributed by atoms with E-state index >= 15 is 0 Å². The number of hydrogen-bond donors (Lipinski definition) is 1. The summed E-state index contributed by atoms with van der Waals surface area (Å²) in [5, 5.41) is 3.36. The zero-order valence-corrected chi connectivity index (χ0v) is 16.7. The van der Waals surface area contributed by atoms with Gasteiger partial charge in [0.1, 0.15) is 5.82 Å². The highest BCUT2D eigenvalue weighted by Crippen LogP contribution is 2.32. The average molecular weight is 389 g/mol. The van der Waals surface area contributed by atoms with Gasteiger partial charge in [-0.05, 0) is 55.5 Å². The summed E-state index contributed by atoms with van der Waals surface area (Å²) in [7, 11) is 1.87. The maximum atomic E-state index is 13.3. The quantitative estimate of drug-likeness (QED) is 0.792. The highest BCUT2D eigenvalue weighted by atomic mass is 32.1. The van der Waals surface area contributed by atoms with Crippen molar-refractivity contribution in [3.8, 4) is 0 Å². The molecule has 1 aliphatic carbocycles. The first-order chi connectivity index (χ1) is 12.9. The summed E-state index contributed by atoms with van der Waals surface area (Å²) in [6, 6.07) is 7.61. The van der Waals surface area contributed by atoms with Crippen LogP contribution in [0.15, 0.2) is 30.3 Å². The Morgan fingerprint density at radius 3 is 2.67 bits per heavy atom. The third-order valence-electron chi connectivity index (χ3n) is 5.32. The zero-order chi connectivity index (χ0) is 19.6. The fraction of sp³-hybridized carbons (Fsp3) is 0.429. The van der Waals surface area contributed by atoms with Gasteiger partial charge >= 0.3 is 0 Å². The van der Waals surface area contributed by atoms with Crippen molar-refractivity contribution in [2.24, 2.45) is 5.92 Å². The lowest BCUT2D eigenvalue weighted by Crippen LogP contribution is -2.42. The number of thiophene rings is 1. The number of benzene rings is 1. The second-order valence-electron chi connectivity index (χ2n) is 7.33. The Labute approximate surface area is 163 Å². The second-order valence-corrected chi connectivity index (χ2v) is 8.38. The molecule has 0 saturated heterocycles. The number of hydrogen-bond acceptors (Lipinski definition) is 3. The van der Waals surface area contributed by atoms with Crippen molar-refractivity contribution in [1.82, 2.24) is 4.90 Å². The van der Waals surface area contributed by atoms with Crippen LogP contribution in [0, 0.1) is 18.7 Å². The molecule has 2 amide bonds. The molecule has 1 saturated carbocycles. The Hall–Kier alpha value is -2.21. The van der Waals surface area contributed by atoms with E-state index in [1.54, 1.807) is 12.1 Å². The van der Waals surface area contributed by atoms with Gasteiger partial charge < -0.3 is 10.2 Å². The minimum absolute atomic E-state index is 0.00232. The number of carbonyl (C=O) groups excluding carboxylic acids is 2. The molecule has 1 N–H and O–H groups in total. The van der Waals surface area contributed by atoms with Crippen LogP contribution in [-0.2, 0) is 0 Å². The summed E-state index contributed by atoms with van der Waals surface area (Å²) in [6.45, 7) is 4.08. The Morgan fingerprint density at radius 2 is 1.96 bits per heavy atom. The molecule has 0 bridgehead atoms. The van der Waals surface area contributed by atoms with E-state index in [-0.39, 0.29) is 23.4 Å². The summed E-state index contributed by atoms with van der Waals surface area (Å²) in [6.07, 6.45) is 4.58. The predicted molar refractivity (Wildman–Crippen MR) is 107 cm³/mol. The van der Waals surface area contributed by atoms with Crippen LogP contribution >= 0.6 is 11.3 Å². The van der Waals surface area contributed by atoms with Crippen LogP contribution in [0.25, 0.3) is 0 Å². The summed E-state index contributed by atoms with van der Waals surface area (Å²) in [5.74, 6) is -0.337. The van der Waals surface area contributed by atoms with Gasteiger partial charge in [-0.3, -0.25) is 9.59 Å². The minimum atomic E-state index is -0.455. The smallest absolute Gasteiger partial charge is 0.264 e. The largest absolute Gasteiger partial charge is 0.338 e. The second kappa shape index (κ2) is 8.21. The normalized spacial score (nSPS) is 19.6. The van der Waals surface area contributed by atoms with Crippen molar-refractivity contribution in [3.05, 3.63) is 52.2 Å². The molecule has 0 aliphatic heterocycles. The first-order valence-electron chi connectivity index (χ1n) is 9.31. The lowest BCUT2D eigenvalue weighted by molar-refractivity contribution is 0.0633. The van der Waals surface area contributed by atoms with E-state index in [1.165, 1.54) is 36.0 Å². The summed E-state index contributed by atoms with van der Waals surface area (Å²) in [4.78, 5) is 27.8. The van der Waals surface area contributed by atoms with Crippen molar-refractivity contribution in [2.45, 2.75) is 45.6 Å². The molecular weight excluding hydrogens is 363 g/mol. The number of nitrogens with zero attached hydrogens (tertiary/aromatic N) is 1. The van der Waals surface area contributed by atoms with Gasteiger partial charge in [0.2, 0.25) is 0 Å². The predicted octanol–water partition coefficient (Wildman–Crippen LogP) is 5.10. The summed E-state index contributed by atoms with van der Waals surface area (Å²) in [5.41, 5.74) is 1.09. The molecule has 1 heterocycles. The molecular formula is C21H25FN2O2S. The standard InChI is InChI=1S/C21H25FN2O2S/c1-13-7-4-5-10-17(13)24(3)21(26)19-14(2)11-18(27-19)23-20(25)15-8-6-9-16(22)12-15/h6,8-9,11-13,17H,4-5,7,10H2,1-3H3,(H,23,25). The van der Waals surface area contributed by atoms with Gasteiger partial charge in [0.25, 0.3) is 11.8 Å². The SMILES string of the molecule is Cc1cc(NC(=O)c2cccc(F)c2)sc1C(=O)N(C)C1CCCCC1C. The first-order valence-corrected chi connectivity index (χ1v) is 10.1. The zero-order valence-electron chi connectivity index (χ0n) is 15.9. The number of halogens is 1. The van der Waals surface area contributed by atoms with E-state index in [4.69, 9.17) is 0 Å². The number of anilines is 1. The number of aryl methyl sites for hydroxylation is 1. The molecule has 2 unspecified atom stereocenters. The van der Waals surface area contributed by atoms with E-state index < -0.39 is 5.82 Å². The average Bonchev–Trinajstić information content (AvgIpc) is 3.01. The van der Waals surface area contributed by atoms with E-state index in [9.17, 15) is 14.0 Å². The molecule has 1 aromatic heterocycles. The highest BCUT2D eigenvalue weighted by molar-refractivity contribution is 7.18. The molecule has 6 heteroatoms. The monoisotopic (exact) mass is 388 g/mol. The molecule has 1 aromatic carbocycles. The van der Waals surface area contributed by atoms with Crippen molar-refractivity contribution < 1.29 is 14.0 Å². The maximum absolute atomic E-state index is 13.3. The van der Waals surface area contributed by atoms with Crippen molar-refractivity contribution in [3.63, 3.8) is 0 Å². The fourth-order valence-corrected chi connectivity index (χ4v) is 4.80. The van der Waals surface area contributed by atoms with Gasteiger partial charge in [-0.15, -0.1) is 11.3 Å². The van der Waals surface area contributed by atoms with Gasteiger partial charge in [0.05, 0.1) is 9.88 Å². The van der Waals surface area contributed by atoms with Gasteiger partial charge in [-0.1, -0.05) is 25.8 Å². The molecule has 2 atom stereocenters. The number of nitrogens with one attached hydrogen (secondary N) is 1. The van der Waals surface area contributed by atoms with E-state index in [0.29, 0.717) is 15.8 Å². The molecule has 144 valence electrons. The number of rotatable bonds is 4. The Balaban J connectivity index is 1.73. The van der Waals surface area contributed by atoms with Crippen LogP contribution in [0.3, 0.4) is 0 Å². The van der Waals surface area contributed by atoms with Crippen LogP contribution in [0.4, 0.5) is 9.39 Å². The molecule has 4 nitrogen and oxygen atoms in total. The topological polar surface area (TPSA) is 49.4 Å². The molecule has 3 rings (SSSR count). The maximum Gasteiger partial charge on any atom is 0.264 e. The van der Waals surface area contributed by atoms with Gasteiger partial charge in [-0.2, -0.15) is 0 Å². The van der Waals surface area contributed by atoms with E-state index in [0.717, 1.165) is 24.8 Å². The first kappa shape index (κ1) is 19.5. The lowest BCUT2D eigenvalue weighted by atomic mass is 9.85. The van der Waals surface area contributed by atoms with E-state index in [1.807, 2.05) is 18.9 Å². The molecule has 0 radical (unpaired) electrons. The lowest BCUT2D eigenvalue weighted by Gasteiger charge is -2.36. The Morgan fingerprint density at radius 1 is 1.22 bits per heavy atom. The fourth-order valence-electron chi connectivity index (χ4n) is 3.75. The van der Waals surface area contributed by atoms with Crippen molar-refractivity contribution in [2.75, 3.05) is 12.4 Å². The summed E-state index contributed by atoms with van der Waals surface area (Å²) >= 11 is 1.27. The third kappa shape index (κ3) is 4.38. The summed E-state index contributed by atoms with van der Waals surface area (Å²) < 4.78 is 13.3. The van der Waals surface area contributed by atoms with Crippen LogP contribution in [0.5, 0.6) is 0 Å². The molecule has 1 fully saturated rings. The molecule has 0 spiro atoms. The van der Waals surface area contributed by atoms with Gasteiger partial charge in [0.15, 0.2) is 0 Å². The Bertz CT molecular complexity index is 848. The van der Waals surface area contributed by atoms with E-state index in [2.05, 4.69) is 12.2 Å². The molecule has 2 aromatic rings. The van der Waals surface area contributed by atoms with Crippen molar-refractivity contribution in [1.29, 1.82) is 0 Å². The van der Waals surface area contributed by atoms with Gasteiger partial charge in [0, 0.05) is 18.7 Å². The molecule has 1 aliphatic rings. The van der Waals surface area contributed by atoms with Crippen LogP contribution in [0.1, 0.15) is 58.2 Å². The van der Waals surface area contributed by atoms with Crippen LogP contribution < -0.4 is 5.32 Å². The van der Waals surface area contributed by atoms with Gasteiger partial charge in [-0.25, -0.2) is 4.39 Å².